The fourth-order valence-corrected chi connectivity index (χ4v) is 7.63. The van der Waals surface area contributed by atoms with E-state index in [1.54, 1.807) is 24.3 Å². The highest BCUT2D eigenvalue weighted by atomic mass is 35.5. The van der Waals surface area contributed by atoms with E-state index in [1.807, 2.05) is 6.07 Å². The van der Waals surface area contributed by atoms with Crippen molar-refractivity contribution >= 4 is 33.2 Å². The second kappa shape index (κ2) is 11.8. The number of amides is 1. The van der Waals surface area contributed by atoms with Crippen LogP contribution in [0.1, 0.15) is 60.5 Å². The quantitative estimate of drug-likeness (QED) is 0.375. The first-order chi connectivity index (χ1) is 19.6. The highest BCUT2D eigenvalue weighted by Gasteiger charge is 2.44. The van der Waals surface area contributed by atoms with Gasteiger partial charge in [0, 0.05) is 29.1 Å². The van der Waals surface area contributed by atoms with Crippen LogP contribution in [0.15, 0.2) is 61.7 Å². The van der Waals surface area contributed by atoms with Gasteiger partial charge in [0.25, 0.3) is 5.91 Å². The van der Waals surface area contributed by atoms with E-state index in [2.05, 4.69) is 34.9 Å². The maximum absolute atomic E-state index is 13.1. The Kier molecular flexibility index (Phi) is 8.56. The van der Waals surface area contributed by atoms with E-state index in [4.69, 9.17) is 16.3 Å². The fourth-order valence-electron chi connectivity index (χ4n) is 6.62. The highest BCUT2D eigenvalue weighted by Crippen LogP contribution is 2.46. The molecule has 1 heterocycles. The van der Waals surface area contributed by atoms with Gasteiger partial charge in [-0.2, -0.15) is 0 Å². The molecule has 2 unspecified atom stereocenters. The van der Waals surface area contributed by atoms with E-state index < -0.39 is 27.3 Å². The van der Waals surface area contributed by atoms with Gasteiger partial charge in [-0.15, -0.1) is 13.2 Å². The molecule has 7 nitrogen and oxygen atoms in total. The van der Waals surface area contributed by atoms with Gasteiger partial charge in [-0.1, -0.05) is 29.8 Å². The van der Waals surface area contributed by atoms with Gasteiger partial charge in [0.05, 0.1) is 23.6 Å². The normalized spacial score (nSPS) is 25.0. The van der Waals surface area contributed by atoms with Crippen molar-refractivity contribution in [3.63, 3.8) is 0 Å². The minimum atomic E-state index is -3.90. The average Bonchev–Trinajstić information content (AvgIpc) is 3.07. The van der Waals surface area contributed by atoms with E-state index in [-0.39, 0.29) is 22.8 Å². The first kappa shape index (κ1) is 29.7. The number of nitrogens with zero attached hydrogens (tertiary/aromatic N) is 1. The lowest BCUT2D eigenvalue weighted by Gasteiger charge is -2.45. The lowest BCUT2D eigenvalue weighted by atomic mass is 9.68. The molecule has 2 aromatic rings. The van der Waals surface area contributed by atoms with Gasteiger partial charge in [-0.05, 0) is 98.7 Å². The predicted octanol–water partition coefficient (Wildman–Crippen LogP) is 5.41. The van der Waals surface area contributed by atoms with Gasteiger partial charge in [-0.3, -0.25) is 4.79 Å². The van der Waals surface area contributed by atoms with Crippen molar-refractivity contribution in [3.05, 3.63) is 83.4 Å². The summed E-state index contributed by atoms with van der Waals surface area (Å²) >= 11 is 6.37. The SMILES string of the molecule is C=CCC(O)[C@@H]1CC[C@H]1CN1C[C@@]2(CCCc3cc(Cl)ccc32)COc2ccc(C(=O)NS(=O)(=O)C(C)C=C)cc21. The molecule has 0 saturated heterocycles. The molecule has 5 rings (SSSR count). The Balaban J connectivity index is 1.51. The Hall–Kier alpha value is -2.81. The third-order valence-electron chi connectivity index (χ3n) is 9.19. The number of rotatable bonds is 9. The van der Waals surface area contributed by atoms with Crippen LogP contribution in [0.4, 0.5) is 5.69 Å². The summed E-state index contributed by atoms with van der Waals surface area (Å²) in [6.07, 6.45) is 8.06. The van der Waals surface area contributed by atoms with E-state index >= 15 is 0 Å². The number of hydrogen-bond acceptors (Lipinski definition) is 6. The fraction of sp³-hybridized carbons (Fsp3) is 0.469. The van der Waals surface area contributed by atoms with Crippen LogP contribution in [-0.2, 0) is 21.9 Å². The Morgan fingerprint density at radius 1 is 1.27 bits per heavy atom. The third-order valence-corrected chi connectivity index (χ3v) is 11.1. The van der Waals surface area contributed by atoms with Crippen LogP contribution < -0.4 is 14.4 Å². The van der Waals surface area contributed by atoms with Crippen LogP contribution in [-0.4, -0.2) is 50.5 Å². The molecule has 2 aromatic carbocycles. The molecule has 5 atom stereocenters. The van der Waals surface area contributed by atoms with Gasteiger partial charge in [0.1, 0.15) is 5.75 Å². The number of benzene rings is 2. The number of hydrogen-bond donors (Lipinski definition) is 2. The topological polar surface area (TPSA) is 95.9 Å². The maximum Gasteiger partial charge on any atom is 0.264 e. The molecule has 0 radical (unpaired) electrons. The molecule has 2 N–H and O–H groups in total. The summed E-state index contributed by atoms with van der Waals surface area (Å²) in [6, 6.07) is 11.2. The minimum Gasteiger partial charge on any atom is -0.490 e. The molecule has 220 valence electrons. The zero-order valence-electron chi connectivity index (χ0n) is 23.5. The van der Waals surface area contributed by atoms with Crippen molar-refractivity contribution in [2.45, 2.75) is 62.2 Å². The van der Waals surface area contributed by atoms with Crippen molar-refractivity contribution in [1.82, 2.24) is 4.72 Å². The third kappa shape index (κ3) is 5.92. The van der Waals surface area contributed by atoms with Crippen LogP contribution in [0.2, 0.25) is 5.02 Å². The summed E-state index contributed by atoms with van der Waals surface area (Å²) in [5.41, 5.74) is 3.20. The summed E-state index contributed by atoms with van der Waals surface area (Å²) in [4.78, 5) is 15.4. The van der Waals surface area contributed by atoms with Crippen molar-refractivity contribution < 1.29 is 23.1 Å². The highest BCUT2D eigenvalue weighted by molar-refractivity contribution is 7.90. The van der Waals surface area contributed by atoms with Gasteiger partial charge in [0.15, 0.2) is 0 Å². The van der Waals surface area contributed by atoms with Crippen LogP contribution >= 0.6 is 11.6 Å². The van der Waals surface area contributed by atoms with E-state index in [1.165, 1.54) is 24.1 Å². The second-order valence-corrected chi connectivity index (χ2v) is 14.3. The largest absolute Gasteiger partial charge is 0.490 e. The molecule has 1 saturated carbocycles. The number of carbonyl (C=O) groups excluding carboxylic acids is 1. The monoisotopic (exact) mass is 598 g/mol. The first-order valence-corrected chi connectivity index (χ1v) is 16.3. The van der Waals surface area contributed by atoms with E-state index in [0.717, 1.165) is 42.8 Å². The summed E-state index contributed by atoms with van der Waals surface area (Å²) in [5, 5.41) is 10.6. The lowest BCUT2D eigenvalue weighted by Crippen LogP contribution is -2.49. The molecular formula is C32H39ClN2O5S. The number of aryl methyl sites for hydroxylation is 1. The van der Waals surface area contributed by atoms with Crippen molar-refractivity contribution in [2.24, 2.45) is 11.8 Å². The molecule has 1 aliphatic heterocycles. The summed E-state index contributed by atoms with van der Waals surface area (Å²) < 4.78 is 33.8. The number of anilines is 1. The average molecular weight is 599 g/mol. The summed E-state index contributed by atoms with van der Waals surface area (Å²) in [5.74, 6) is 0.406. The number of ether oxygens (including phenoxy) is 1. The van der Waals surface area contributed by atoms with Crippen LogP contribution in [0, 0.1) is 11.8 Å². The Labute approximate surface area is 248 Å². The van der Waals surface area contributed by atoms with Crippen LogP contribution in [0.25, 0.3) is 0 Å². The van der Waals surface area contributed by atoms with Crippen LogP contribution in [0.3, 0.4) is 0 Å². The number of halogens is 1. The molecular weight excluding hydrogens is 560 g/mol. The minimum absolute atomic E-state index is 0.172. The van der Waals surface area contributed by atoms with Crippen molar-refractivity contribution in [3.8, 4) is 5.75 Å². The van der Waals surface area contributed by atoms with Gasteiger partial charge in [-0.25, -0.2) is 13.1 Å². The molecule has 1 fully saturated rings. The molecule has 3 aliphatic rings. The van der Waals surface area contributed by atoms with Gasteiger partial charge in [0.2, 0.25) is 10.0 Å². The zero-order chi connectivity index (χ0) is 29.4. The molecule has 1 spiro atoms. The molecule has 41 heavy (non-hydrogen) atoms. The van der Waals surface area contributed by atoms with Crippen molar-refractivity contribution in [1.29, 1.82) is 0 Å². The number of aliphatic hydroxyl groups is 1. The lowest BCUT2D eigenvalue weighted by molar-refractivity contribution is 0.0178. The first-order valence-electron chi connectivity index (χ1n) is 14.3. The number of nitrogens with one attached hydrogen (secondary N) is 1. The zero-order valence-corrected chi connectivity index (χ0v) is 25.1. The van der Waals surface area contributed by atoms with E-state index in [0.29, 0.717) is 31.9 Å². The number of fused-ring (bicyclic) bond motifs is 3. The van der Waals surface area contributed by atoms with E-state index in [9.17, 15) is 18.3 Å². The Bertz CT molecular complexity index is 1440. The van der Waals surface area contributed by atoms with Crippen molar-refractivity contribution in [2.75, 3.05) is 24.6 Å². The number of carbonyl (C=O) groups is 1. The molecule has 0 aromatic heterocycles. The van der Waals surface area contributed by atoms with Gasteiger partial charge >= 0.3 is 0 Å². The smallest absolute Gasteiger partial charge is 0.264 e. The van der Waals surface area contributed by atoms with Gasteiger partial charge < -0.3 is 14.7 Å². The maximum atomic E-state index is 13.1. The molecule has 9 heteroatoms. The Morgan fingerprint density at radius 2 is 2.07 bits per heavy atom. The standard InChI is InChI=1S/C32H39ClN2O5S/c1-4-7-29(36)26-12-9-24(26)18-35-19-32(15-6-8-22-16-25(33)11-13-27(22)32)20-40-30-14-10-23(17-28(30)35)31(37)34-41(38,39)21(3)5-2/h4-5,10-11,13-14,16-17,21,24,26,29,36H,1-2,6-9,12,15,18-20H2,3H3,(H,34,37)/t21?,24-,26+,29?,32-/m0/s1. The molecule has 0 bridgehead atoms. The predicted molar refractivity (Wildman–Crippen MR) is 163 cm³/mol. The molecule has 1 amide bonds. The molecule has 2 aliphatic carbocycles. The summed E-state index contributed by atoms with van der Waals surface area (Å²) in [6.45, 7) is 10.6. The number of sulfonamides is 1. The summed E-state index contributed by atoms with van der Waals surface area (Å²) in [7, 11) is -3.90. The second-order valence-electron chi connectivity index (χ2n) is 11.8. The number of aliphatic hydroxyl groups excluding tert-OH is 1. The Morgan fingerprint density at radius 3 is 2.78 bits per heavy atom. The van der Waals surface area contributed by atoms with Crippen LogP contribution in [0.5, 0.6) is 5.75 Å².